The molecule has 0 aromatic heterocycles. The minimum Gasteiger partial charge on any atom is -0.491 e. The summed E-state index contributed by atoms with van der Waals surface area (Å²) in [5, 5.41) is 12.9. The summed E-state index contributed by atoms with van der Waals surface area (Å²) in [4.78, 5) is 13.5. The minimum absolute atomic E-state index is 0.0686. The number of carbonyl (C=O) groups excluding carboxylic acids is 1. The lowest BCUT2D eigenvalue weighted by Crippen LogP contribution is -2.46. The third-order valence-electron chi connectivity index (χ3n) is 4.39. The molecule has 1 aromatic rings. The van der Waals surface area contributed by atoms with Gasteiger partial charge in [-0.1, -0.05) is 19.3 Å². The Kier molecular flexibility index (Phi) is 7.14. The Balaban J connectivity index is 1.73. The maximum Gasteiger partial charge on any atom is 0.416 e. The van der Waals surface area contributed by atoms with E-state index in [0.29, 0.717) is 0 Å². The van der Waals surface area contributed by atoms with Crippen molar-refractivity contribution in [3.63, 3.8) is 0 Å². The molecule has 0 aliphatic heterocycles. The first-order valence-corrected chi connectivity index (χ1v) is 8.75. The van der Waals surface area contributed by atoms with Crippen LogP contribution in [0.15, 0.2) is 24.3 Å². The highest BCUT2D eigenvalue weighted by Crippen LogP contribution is 2.30. The number of hydrogen-bond donors (Lipinski definition) is 2. The summed E-state index contributed by atoms with van der Waals surface area (Å²) in [6, 6.07) is 4.19. The van der Waals surface area contributed by atoms with Gasteiger partial charge in [-0.3, -0.25) is 0 Å². The van der Waals surface area contributed by atoms with Crippen molar-refractivity contribution in [2.45, 2.75) is 50.4 Å². The number of nitrogens with one attached hydrogen (secondary N) is 1. The molecule has 2 N–H and O–H groups in total. The molecule has 0 spiro atoms. The Morgan fingerprint density at radius 2 is 1.88 bits per heavy atom. The lowest BCUT2D eigenvalue weighted by Gasteiger charge is -2.27. The fourth-order valence-electron chi connectivity index (χ4n) is 2.92. The van der Waals surface area contributed by atoms with Crippen molar-refractivity contribution in [2.75, 3.05) is 20.2 Å². The molecule has 8 heteroatoms. The van der Waals surface area contributed by atoms with Crippen molar-refractivity contribution in [1.82, 2.24) is 10.2 Å². The van der Waals surface area contributed by atoms with Crippen LogP contribution in [0.5, 0.6) is 5.75 Å². The second-order valence-electron chi connectivity index (χ2n) is 6.65. The van der Waals surface area contributed by atoms with Crippen LogP contribution in [0.2, 0.25) is 0 Å². The second kappa shape index (κ2) is 9.12. The van der Waals surface area contributed by atoms with E-state index in [0.717, 1.165) is 37.8 Å². The Labute approximate surface area is 151 Å². The summed E-state index contributed by atoms with van der Waals surface area (Å²) in [5.41, 5.74) is -0.760. The monoisotopic (exact) mass is 374 g/mol. The summed E-state index contributed by atoms with van der Waals surface area (Å²) in [7, 11) is 1.58. The number of nitrogens with zero attached hydrogens (tertiary/aromatic N) is 1. The van der Waals surface area contributed by atoms with Crippen LogP contribution in [0.25, 0.3) is 0 Å². The average Bonchev–Trinajstić information content (AvgIpc) is 2.60. The van der Waals surface area contributed by atoms with E-state index < -0.39 is 17.8 Å². The van der Waals surface area contributed by atoms with Gasteiger partial charge in [0, 0.05) is 13.1 Å². The third-order valence-corrected chi connectivity index (χ3v) is 4.39. The zero-order valence-corrected chi connectivity index (χ0v) is 14.8. The van der Waals surface area contributed by atoms with Gasteiger partial charge in [0.15, 0.2) is 0 Å². The van der Waals surface area contributed by atoms with Gasteiger partial charge in [-0.15, -0.1) is 0 Å². The number of ether oxygens (including phenoxy) is 1. The molecular formula is C18H25F3N2O3. The fraction of sp³-hybridized carbons (Fsp3) is 0.611. The Bertz CT molecular complexity index is 572. The number of hydrogen-bond acceptors (Lipinski definition) is 3. The Morgan fingerprint density at radius 1 is 1.27 bits per heavy atom. The van der Waals surface area contributed by atoms with Gasteiger partial charge in [0.05, 0.1) is 12.1 Å². The molecule has 1 aromatic carbocycles. The smallest absolute Gasteiger partial charge is 0.416 e. The molecule has 2 rings (SSSR count). The van der Waals surface area contributed by atoms with Crippen LogP contribution < -0.4 is 10.1 Å². The number of benzene rings is 1. The fourth-order valence-corrected chi connectivity index (χ4v) is 2.92. The Hall–Kier alpha value is -1.96. The molecule has 0 unspecified atom stereocenters. The molecule has 0 heterocycles. The molecule has 5 nitrogen and oxygen atoms in total. The molecule has 1 fully saturated rings. The molecule has 1 atom stereocenters. The number of carbonyl (C=O) groups is 1. The number of likely N-dealkylation sites (N-methyl/N-ethyl adjacent to an activating group) is 1. The molecule has 0 bridgehead atoms. The quantitative estimate of drug-likeness (QED) is 0.802. The molecule has 146 valence electrons. The van der Waals surface area contributed by atoms with Crippen LogP contribution in [0.4, 0.5) is 18.0 Å². The van der Waals surface area contributed by atoms with Gasteiger partial charge in [-0.05, 0) is 37.1 Å². The van der Waals surface area contributed by atoms with Crippen molar-refractivity contribution < 1.29 is 27.8 Å². The number of amides is 2. The highest BCUT2D eigenvalue weighted by Gasteiger charge is 2.30. The van der Waals surface area contributed by atoms with Crippen LogP contribution in [-0.2, 0) is 6.18 Å². The summed E-state index contributed by atoms with van der Waals surface area (Å²) < 4.78 is 42.8. The first kappa shape index (κ1) is 20.4. The van der Waals surface area contributed by atoms with E-state index in [9.17, 15) is 23.1 Å². The van der Waals surface area contributed by atoms with Gasteiger partial charge in [0.2, 0.25) is 0 Å². The number of aliphatic hydroxyl groups excluding tert-OH is 1. The summed E-state index contributed by atoms with van der Waals surface area (Å²) >= 11 is 0. The highest BCUT2D eigenvalue weighted by atomic mass is 19.4. The number of urea groups is 1. The maximum absolute atomic E-state index is 12.5. The van der Waals surface area contributed by atoms with E-state index in [-0.39, 0.29) is 31.0 Å². The summed E-state index contributed by atoms with van der Waals surface area (Å²) in [6.45, 7) is -0.0500. The predicted octanol–water partition coefficient (Wildman–Crippen LogP) is 3.42. The minimum atomic E-state index is -4.40. The molecule has 26 heavy (non-hydrogen) atoms. The second-order valence-corrected chi connectivity index (χ2v) is 6.65. The lowest BCUT2D eigenvalue weighted by atomic mass is 9.96. The molecular weight excluding hydrogens is 349 g/mol. The van der Waals surface area contributed by atoms with Gasteiger partial charge < -0.3 is 20.1 Å². The van der Waals surface area contributed by atoms with Crippen LogP contribution in [-0.4, -0.2) is 48.4 Å². The van der Waals surface area contributed by atoms with Crippen molar-refractivity contribution in [2.24, 2.45) is 0 Å². The first-order chi connectivity index (χ1) is 12.3. The SMILES string of the molecule is CN(C[C@@H](O)COc1ccc(C(F)(F)F)cc1)C(=O)NC1CCCCC1. The van der Waals surface area contributed by atoms with Gasteiger partial charge in [-0.25, -0.2) is 4.79 Å². The first-order valence-electron chi connectivity index (χ1n) is 8.75. The molecule has 1 aliphatic rings. The maximum atomic E-state index is 12.5. The highest BCUT2D eigenvalue weighted by molar-refractivity contribution is 5.74. The molecule has 1 saturated carbocycles. The zero-order chi connectivity index (χ0) is 19.2. The van der Waals surface area contributed by atoms with E-state index >= 15 is 0 Å². The van der Waals surface area contributed by atoms with Gasteiger partial charge in [-0.2, -0.15) is 13.2 Å². The van der Waals surface area contributed by atoms with E-state index in [1.165, 1.54) is 23.5 Å². The Morgan fingerprint density at radius 3 is 2.46 bits per heavy atom. The van der Waals surface area contributed by atoms with Crippen molar-refractivity contribution in [1.29, 1.82) is 0 Å². The van der Waals surface area contributed by atoms with Gasteiger partial charge in [0.25, 0.3) is 0 Å². The number of aliphatic hydroxyl groups is 1. The van der Waals surface area contributed by atoms with Crippen molar-refractivity contribution in [3.8, 4) is 5.75 Å². The van der Waals surface area contributed by atoms with Crippen LogP contribution in [0.1, 0.15) is 37.7 Å². The summed E-state index contributed by atoms with van der Waals surface area (Å²) in [5.74, 6) is 0.228. The third kappa shape index (κ3) is 6.40. The molecule has 2 amide bonds. The van der Waals surface area contributed by atoms with Crippen molar-refractivity contribution in [3.05, 3.63) is 29.8 Å². The van der Waals surface area contributed by atoms with Gasteiger partial charge >= 0.3 is 12.2 Å². The van der Waals surface area contributed by atoms with Crippen molar-refractivity contribution >= 4 is 6.03 Å². The normalized spacial score (nSPS) is 16.8. The van der Waals surface area contributed by atoms with E-state index in [1.807, 2.05) is 0 Å². The molecule has 0 saturated heterocycles. The number of halogens is 3. The van der Waals surface area contributed by atoms with Crippen LogP contribution in [0.3, 0.4) is 0 Å². The van der Waals surface area contributed by atoms with Crippen LogP contribution in [0, 0.1) is 0 Å². The van der Waals surface area contributed by atoms with E-state index in [1.54, 1.807) is 7.05 Å². The van der Waals surface area contributed by atoms with Gasteiger partial charge in [0.1, 0.15) is 18.5 Å². The zero-order valence-electron chi connectivity index (χ0n) is 14.8. The number of rotatable bonds is 6. The van der Waals surface area contributed by atoms with E-state index in [2.05, 4.69) is 5.32 Å². The van der Waals surface area contributed by atoms with Crippen LogP contribution >= 0.6 is 0 Å². The number of alkyl halides is 3. The topological polar surface area (TPSA) is 61.8 Å². The summed E-state index contributed by atoms with van der Waals surface area (Å²) in [6.07, 6.45) is 0.0168. The standard InChI is InChI=1S/C18H25F3N2O3/c1-23(17(25)22-14-5-3-2-4-6-14)11-15(24)12-26-16-9-7-13(8-10-16)18(19,20)21/h7-10,14-15,24H,2-6,11-12H2,1H3,(H,22,25)/t15-/m1/s1. The predicted molar refractivity (Wildman–Crippen MR) is 91.0 cm³/mol. The molecule has 0 radical (unpaired) electrons. The van der Waals surface area contributed by atoms with E-state index in [4.69, 9.17) is 4.74 Å². The lowest BCUT2D eigenvalue weighted by molar-refractivity contribution is -0.137. The largest absolute Gasteiger partial charge is 0.491 e. The average molecular weight is 374 g/mol. The molecule has 1 aliphatic carbocycles.